The summed E-state index contributed by atoms with van der Waals surface area (Å²) in [6.45, 7) is 2.05. The summed E-state index contributed by atoms with van der Waals surface area (Å²) in [4.78, 5) is 0. The molecule has 0 spiro atoms. The van der Waals surface area contributed by atoms with Crippen molar-refractivity contribution in [3.05, 3.63) is 60.2 Å². The van der Waals surface area contributed by atoms with Gasteiger partial charge in [0.2, 0.25) is 0 Å². The molecule has 1 fully saturated rings. The Kier molecular flexibility index (Phi) is 8.33. The van der Waals surface area contributed by atoms with Crippen molar-refractivity contribution in [2.45, 2.75) is 57.7 Å². The quantitative estimate of drug-likeness (QED) is 0.315. The van der Waals surface area contributed by atoms with Crippen LogP contribution in [0, 0.1) is 23.5 Å². The zero-order chi connectivity index (χ0) is 25.8. The molecule has 35 heavy (non-hydrogen) atoms. The van der Waals surface area contributed by atoms with Crippen LogP contribution in [0.4, 0.5) is 35.1 Å². The molecule has 1 saturated carbocycles. The van der Waals surface area contributed by atoms with Crippen LogP contribution < -0.4 is 9.47 Å². The Morgan fingerprint density at radius 2 is 1.60 bits per heavy atom. The zero-order valence-electron chi connectivity index (χ0n) is 18.8. The molecule has 1 aliphatic rings. The van der Waals surface area contributed by atoms with E-state index in [1.54, 1.807) is 0 Å². The number of halogens is 8. The highest BCUT2D eigenvalue weighted by Gasteiger charge is 2.44. The van der Waals surface area contributed by atoms with Gasteiger partial charge in [0, 0.05) is 11.6 Å². The summed E-state index contributed by atoms with van der Waals surface area (Å²) in [7, 11) is 0. The third-order valence-electron chi connectivity index (χ3n) is 5.98. The fraction of sp³-hybridized carbons (Fsp3) is 0.440. The highest BCUT2D eigenvalue weighted by molar-refractivity contribution is 5.66. The van der Waals surface area contributed by atoms with Gasteiger partial charge >= 0.3 is 12.2 Å². The number of hydrogen-bond donors (Lipinski definition) is 0. The molecule has 0 radical (unpaired) electrons. The number of ether oxygens (including phenoxy) is 2. The average Bonchev–Trinajstić information content (AvgIpc) is 2.75. The first-order valence-corrected chi connectivity index (χ1v) is 11.2. The fourth-order valence-corrected chi connectivity index (χ4v) is 4.28. The van der Waals surface area contributed by atoms with Gasteiger partial charge in [0.15, 0.2) is 11.6 Å². The molecular weight excluding hydrogens is 484 g/mol. The first kappa shape index (κ1) is 26.8. The largest absolute Gasteiger partial charge is 0.432 e. The van der Waals surface area contributed by atoms with E-state index < -0.39 is 53.4 Å². The summed E-state index contributed by atoms with van der Waals surface area (Å²) < 4.78 is 118. The van der Waals surface area contributed by atoms with Crippen molar-refractivity contribution in [2.24, 2.45) is 11.8 Å². The minimum absolute atomic E-state index is 0.115. The van der Waals surface area contributed by atoms with Gasteiger partial charge in [-0.25, -0.2) is 8.78 Å². The standard InChI is InChI=1S/C25H24F8O2/c1-2-3-15-4-7-17(8-5-15)25(32,33)34-18-9-10-19(20(26)13-18)16-6-11-22(21(27)12-16)35-24(30,31)14-23(28)29/h6,9-15,17H,2-5,7-8H2,1H3. The summed E-state index contributed by atoms with van der Waals surface area (Å²) in [6.07, 6.45) is -7.50. The second-order valence-corrected chi connectivity index (χ2v) is 8.55. The molecule has 2 nitrogen and oxygen atoms in total. The summed E-state index contributed by atoms with van der Waals surface area (Å²) in [5.74, 6) is -4.38. The minimum atomic E-state index is -4.47. The first-order valence-electron chi connectivity index (χ1n) is 11.2. The lowest BCUT2D eigenvalue weighted by Gasteiger charge is -2.33. The van der Waals surface area contributed by atoms with Crippen molar-refractivity contribution < 1.29 is 44.6 Å². The number of alkyl halides is 4. The molecule has 0 heterocycles. The number of hydrogen-bond acceptors (Lipinski definition) is 2. The van der Waals surface area contributed by atoms with Crippen LogP contribution in [-0.2, 0) is 0 Å². The predicted molar refractivity (Wildman–Crippen MR) is 114 cm³/mol. The summed E-state index contributed by atoms with van der Waals surface area (Å²) in [5.41, 5.74) is -0.330. The highest BCUT2D eigenvalue weighted by Crippen LogP contribution is 2.41. The molecule has 0 unspecified atom stereocenters. The molecule has 0 saturated heterocycles. The molecule has 0 bridgehead atoms. The van der Waals surface area contributed by atoms with Crippen LogP contribution in [0.25, 0.3) is 11.1 Å². The van der Waals surface area contributed by atoms with Crippen molar-refractivity contribution in [3.63, 3.8) is 0 Å². The molecule has 0 aromatic heterocycles. The predicted octanol–water partition coefficient (Wildman–Crippen LogP) is 8.96. The Balaban J connectivity index is 1.71. The van der Waals surface area contributed by atoms with Crippen LogP contribution >= 0.6 is 0 Å². The van der Waals surface area contributed by atoms with Gasteiger partial charge in [-0.05, 0) is 61.4 Å². The van der Waals surface area contributed by atoms with E-state index in [-0.39, 0.29) is 11.1 Å². The van der Waals surface area contributed by atoms with Crippen molar-refractivity contribution in [1.82, 2.24) is 0 Å². The molecule has 0 amide bonds. The van der Waals surface area contributed by atoms with E-state index in [9.17, 15) is 35.1 Å². The normalized spacial score (nSPS) is 18.8. The van der Waals surface area contributed by atoms with Crippen LogP contribution in [0.5, 0.6) is 11.5 Å². The van der Waals surface area contributed by atoms with Crippen LogP contribution in [0.2, 0.25) is 0 Å². The van der Waals surface area contributed by atoms with E-state index in [1.165, 1.54) is 0 Å². The summed E-state index contributed by atoms with van der Waals surface area (Å²) >= 11 is 0. The lowest BCUT2D eigenvalue weighted by molar-refractivity contribution is -0.223. The molecule has 2 aromatic rings. The SMILES string of the molecule is CCCC1CCC(C(F)(F)Oc2ccc(-c3ccc(OC(F)(F)C=C(F)F)c(F)c3)c(F)c2)CC1. The van der Waals surface area contributed by atoms with Crippen molar-refractivity contribution >= 4 is 0 Å². The van der Waals surface area contributed by atoms with Gasteiger partial charge in [0.05, 0.1) is 12.0 Å². The van der Waals surface area contributed by atoms with Gasteiger partial charge in [0.1, 0.15) is 11.6 Å². The number of benzene rings is 2. The van der Waals surface area contributed by atoms with E-state index in [4.69, 9.17) is 4.74 Å². The molecule has 192 valence electrons. The van der Waals surface area contributed by atoms with Crippen LogP contribution in [0.3, 0.4) is 0 Å². The van der Waals surface area contributed by atoms with Gasteiger partial charge in [-0.2, -0.15) is 26.3 Å². The molecule has 1 aliphatic carbocycles. The zero-order valence-corrected chi connectivity index (χ0v) is 18.8. The van der Waals surface area contributed by atoms with E-state index in [2.05, 4.69) is 4.74 Å². The van der Waals surface area contributed by atoms with Gasteiger partial charge in [-0.15, -0.1) is 0 Å². The van der Waals surface area contributed by atoms with Gasteiger partial charge < -0.3 is 9.47 Å². The Labute approximate surface area is 197 Å². The number of rotatable bonds is 9. The van der Waals surface area contributed by atoms with Crippen LogP contribution in [0.1, 0.15) is 45.4 Å². The van der Waals surface area contributed by atoms with E-state index >= 15 is 0 Å². The van der Waals surface area contributed by atoms with E-state index in [0.717, 1.165) is 43.2 Å². The molecule has 3 rings (SSSR count). The Morgan fingerprint density at radius 3 is 2.17 bits per heavy atom. The third-order valence-corrected chi connectivity index (χ3v) is 5.98. The topological polar surface area (TPSA) is 18.5 Å². The maximum absolute atomic E-state index is 14.7. The minimum Gasteiger partial charge on any atom is -0.432 e. The van der Waals surface area contributed by atoms with Crippen LogP contribution in [0.15, 0.2) is 48.6 Å². The monoisotopic (exact) mass is 508 g/mol. The molecular formula is C25H24F8O2. The van der Waals surface area contributed by atoms with Crippen molar-refractivity contribution in [3.8, 4) is 22.6 Å². The summed E-state index contributed by atoms with van der Waals surface area (Å²) in [6, 6.07) is 5.31. The molecule has 10 heteroatoms. The van der Waals surface area contributed by atoms with Crippen molar-refractivity contribution in [1.29, 1.82) is 0 Å². The highest BCUT2D eigenvalue weighted by atomic mass is 19.3. The van der Waals surface area contributed by atoms with Crippen molar-refractivity contribution in [2.75, 3.05) is 0 Å². The van der Waals surface area contributed by atoms with Gasteiger partial charge in [-0.3, -0.25) is 0 Å². The summed E-state index contributed by atoms with van der Waals surface area (Å²) in [5, 5.41) is 0. The lowest BCUT2D eigenvalue weighted by atomic mass is 9.79. The Bertz CT molecular complexity index is 1040. The molecule has 0 atom stereocenters. The maximum Gasteiger partial charge on any atom is 0.425 e. The lowest BCUT2D eigenvalue weighted by Crippen LogP contribution is -2.37. The van der Waals surface area contributed by atoms with Gasteiger partial charge in [-0.1, -0.05) is 25.8 Å². The Hall–Kier alpha value is -2.78. The second kappa shape index (κ2) is 10.9. The average molecular weight is 508 g/mol. The molecule has 0 N–H and O–H groups in total. The van der Waals surface area contributed by atoms with E-state index in [1.807, 2.05) is 6.92 Å². The third kappa shape index (κ3) is 7.11. The van der Waals surface area contributed by atoms with Crippen LogP contribution in [-0.4, -0.2) is 12.2 Å². The molecule has 2 aromatic carbocycles. The fourth-order valence-electron chi connectivity index (χ4n) is 4.28. The van der Waals surface area contributed by atoms with Gasteiger partial charge in [0.25, 0.3) is 6.08 Å². The Morgan fingerprint density at radius 1 is 0.914 bits per heavy atom. The maximum atomic E-state index is 14.7. The second-order valence-electron chi connectivity index (χ2n) is 8.55. The van der Waals surface area contributed by atoms with E-state index in [0.29, 0.717) is 37.7 Å². The first-order chi connectivity index (χ1) is 16.4. The molecule has 0 aliphatic heterocycles. The smallest absolute Gasteiger partial charge is 0.425 e.